The van der Waals surface area contributed by atoms with Gasteiger partial charge in [0, 0.05) is 12.0 Å². The van der Waals surface area contributed by atoms with E-state index in [-0.39, 0.29) is 35.4 Å². The Hall–Kier alpha value is -3.20. The second-order valence-corrected chi connectivity index (χ2v) is 8.76. The molecule has 3 aromatic rings. The zero-order chi connectivity index (χ0) is 21.6. The van der Waals surface area contributed by atoms with Crippen LogP contribution >= 0.6 is 0 Å². The Morgan fingerprint density at radius 2 is 1.77 bits per heavy atom. The maximum absolute atomic E-state index is 12.3. The first kappa shape index (κ1) is 21.5. The maximum Gasteiger partial charge on any atom is 0.322 e. The summed E-state index contributed by atoms with van der Waals surface area (Å²) in [4.78, 5) is 12.3. The number of benzene rings is 2. The van der Waals surface area contributed by atoms with E-state index in [0.717, 1.165) is 11.3 Å². The predicted molar refractivity (Wildman–Crippen MR) is 112 cm³/mol. The minimum atomic E-state index is -3.43. The van der Waals surface area contributed by atoms with E-state index in [0.29, 0.717) is 12.2 Å². The number of amides is 1. The zero-order valence-corrected chi connectivity index (χ0v) is 17.6. The Balaban J connectivity index is 1.51. The summed E-state index contributed by atoms with van der Waals surface area (Å²) in [6.45, 7) is 4.36. The molecule has 30 heavy (non-hydrogen) atoms. The lowest BCUT2D eigenvalue weighted by atomic mass is 10.2. The molecule has 0 saturated heterocycles. The highest BCUT2D eigenvalue weighted by Crippen LogP contribution is 2.23. The van der Waals surface area contributed by atoms with Gasteiger partial charge in [0.2, 0.25) is 11.8 Å². The second kappa shape index (κ2) is 9.53. The zero-order valence-electron chi connectivity index (χ0n) is 16.8. The Labute approximate surface area is 175 Å². The summed E-state index contributed by atoms with van der Waals surface area (Å²) in [6, 6.07) is 13.7. The van der Waals surface area contributed by atoms with Crippen molar-refractivity contribution in [3.63, 3.8) is 0 Å². The molecule has 8 nitrogen and oxygen atoms in total. The predicted octanol–water partition coefficient (Wildman–Crippen LogP) is 3.64. The van der Waals surface area contributed by atoms with Gasteiger partial charge in [0.25, 0.3) is 0 Å². The lowest BCUT2D eigenvalue weighted by Gasteiger charge is -2.05. The van der Waals surface area contributed by atoms with Crippen molar-refractivity contribution in [1.29, 1.82) is 0 Å². The van der Waals surface area contributed by atoms with E-state index < -0.39 is 15.7 Å². The molecule has 1 N–H and O–H groups in total. The van der Waals surface area contributed by atoms with E-state index in [4.69, 9.17) is 9.15 Å². The molecule has 1 amide bonds. The largest absolute Gasteiger partial charge is 0.494 e. The molecule has 2 aromatic carbocycles. The van der Waals surface area contributed by atoms with Crippen LogP contribution in [-0.2, 0) is 14.6 Å². The highest BCUT2D eigenvalue weighted by molar-refractivity contribution is 7.91. The van der Waals surface area contributed by atoms with Gasteiger partial charge in [-0.1, -0.05) is 22.8 Å². The third-order valence-corrected chi connectivity index (χ3v) is 6.10. The average Bonchev–Trinajstić information content (AvgIpc) is 3.17. The summed E-state index contributed by atoms with van der Waals surface area (Å²) >= 11 is 0. The summed E-state index contributed by atoms with van der Waals surface area (Å²) in [5.41, 5.74) is 1.67. The van der Waals surface area contributed by atoms with Crippen molar-refractivity contribution >= 4 is 21.8 Å². The summed E-state index contributed by atoms with van der Waals surface area (Å²) in [5.74, 6) is 0.478. The number of aryl methyl sites for hydroxylation is 1. The van der Waals surface area contributed by atoms with Gasteiger partial charge in [0.05, 0.1) is 17.3 Å². The van der Waals surface area contributed by atoms with Crippen LogP contribution in [0.1, 0.15) is 25.3 Å². The molecule has 0 saturated carbocycles. The third-order valence-electron chi connectivity index (χ3n) is 4.28. The number of carbonyl (C=O) groups excluding carboxylic acids is 1. The first-order valence-corrected chi connectivity index (χ1v) is 11.2. The molecule has 0 aliphatic carbocycles. The van der Waals surface area contributed by atoms with E-state index in [1.807, 2.05) is 13.8 Å². The number of hydrogen-bond acceptors (Lipinski definition) is 7. The van der Waals surface area contributed by atoms with E-state index in [2.05, 4.69) is 15.5 Å². The SMILES string of the molecule is CCOc1ccc(-c2nnc(NC(=O)CCCS(=O)(=O)c3ccc(C)cc3)o2)cc1. The Morgan fingerprint density at radius 1 is 1.07 bits per heavy atom. The van der Waals surface area contributed by atoms with Crippen LogP contribution in [0, 0.1) is 6.92 Å². The number of carbonyl (C=O) groups is 1. The maximum atomic E-state index is 12.3. The smallest absolute Gasteiger partial charge is 0.322 e. The molecule has 0 spiro atoms. The topological polar surface area (TPSA) is 111 Å². The van der Waals surface area contributed by atoms with E-state index >= 15 is 0 Å². The normalized spacial score (nSPS) is 11.3. The summed E-state index contributed by atoms with van der Waals surface area (Å²) in [7, 11) is -3.43. The number of anilines is 1. The molecule has 0 atom stereocenters. The second-order valence-electron chi connectivity index (χ2n) is 6.65. The van der Waals surface area contributed by atoms with Crippen LogP contribution in [0.3, 0.4) is 0 Å². The Morgan fingerprint density at radius 3 is 2.43 bits per heavy atom. The van der Waals surface area contributed by atoms with Gasteiger partial charge in [-0.05, 0) is 56.7 Å². The number of sulfone groups is 1. The van der Waals surface area contributed by atoms with Crippen molar-refractivity contribution in [3.05, 3.63) is 54.1 Å². The number of rotatable bonds is 9. The minimum absolute atomic E-state index is 0.0197. The van der Waals surface area contributed by atoms with Crippen molar-refractivity contribution < 1.29 is 22.4 Å². The number of nitrogens with one attached hydrogen (secondary N) is 1. The highest BCUT2D eigenvalue weighted by Gasteiger charge is 2.16. The summed E-state index contributed by atoms with van der Waals surface area (Å²) in [5, 5.41) is 10.2. The van der Waals surface area contributed by atoms with Gasteiger partial charge in [-0.2, -0.15) is 0 Å². The number of ether oxygens (including phenoxy) is 1. The Bertz CT molecular complexity index is 1090. The molecule has 0 radical (unpaired) electrons. The average molecular weight is 429 g/mol. The number of hydrogen-bond donors (Lipinski definition) is 1. The summed E-state index contributed by atoms with van der Waals surface area (Å²) in [6.07, 6.45) is 0.202. The van der Waals surface area contributed by atoms with Gasteiger partial charge in [0.15, 0.2) is 9.84 Å². The van der Waals surface area contributed by atoms with E-state index in [1.165, 1.54) is 0 Å². The van der Waals surface area contributed by atoms with Crippen LogP contribution < -0.4 is 10.1 Å². The quantitative estimate of drug-likeness (QED) is 0.553. The first-order chi connectivity index (χ1) is 14.4. The van der Waals surface area contributed by atoms with Gasteiger partial charge < -0.3 is 9.15 Å². The van der Waals surface area contributed by atoms with Crippen molar-refractivity contribution in [1.82, 2.24) is 10.2 Å². The lowest BCUT2D eigenvalue weighted by Crippen LogP contribution is -2.14. The molecule has 9 heteroatoms. The van der Waals surface area contributed by atoms with Crippen LogP contribution in [0.15, 0.2) is 57.8 Å². The highest BCUT2D eigenvalue weighted by atomic mass is 32.2. The van der Waals surface area contributed by atoms with Crippen LogP contribution in [-0.4, -0.2) is 36.9 Å². The molecule has 158 valence electrons. The monoisotopic (exact) mass is 429 g/mol. The number of nitrogens with zero attached hydrogens (tertiary/aromatic N) is 2. The summed E-state index contributed by atoms with van der Waals surface area (Å²) < 4.78 is 35.5. The molecule has 0 unspecified atom stereocenters. The lowest BCUT2D eigenvalue weighted by molar-refractivity contribution is -0.116. The first-order valence-electron chi connectivity index (χ1n) is 9.53. The van der Waals surface area contributed by atoms with Crippen LogP contribution in [0.2, 0.25) is 0 Å². The van der Waals surface area contributed by atoms with Crippen LogP contribution in [0.5, 0.6) is 5.75 Å². The van der Waals surface area contributed by atoms with E-state index in [1.54, 1.807) is 48.5 Å². The van der Waals surface area contributed by atoms with Crippen molar-refractivity contribution in [2.45, 2.75) is 31.6 Å². The van der Waals surface area contributed by atoms with Gasteiger partial charge in [0.1, 0.15) is 5.75 Å². The molecule has 3 rings (SSSR count). The van der Waals surface area contributed by atoms with Crippen molar-refractivity contribution in [3.8, 4) is 17.2 Å². The third kappa shape index (κ3) is 5.66. The minimum Gasteiger partial charge on any atom is -0.494 e. The van der Waals surface area contributed by atoms with Crippen molar-refractivity contribution in [2.24, 2.45) is 0 Å². The molecule has 0 aliphatic rings. The standard InChI is InChI=1S/C21H23N3O5S/c1-3-28-17-10-8-16(9-11-17)20-23-24-21(29-20)22-19(25)5-4-14-30(26,27)18-12-6-15(2)7-13-18/h6-13H,3-5,14H2,1-2H3,(H,22,24,25). The molecule has 0 aliphatic heterocycles. The molecule has 1 heterocycles. The van der Waals surface area contributed by atoms with Crippen LogP contribution in [0.4, 0.5) is 6.01 Å². The van der Waals surface area contributed by atoms with Crippen molar-refractivity contribution in [2.75, 3.05) is 17.7 Å². The molecule has 1 aromatic heterocycles. The fraction of sp³-hybridized carbons (Fsp3) is 0.286. The molecular weight excluding hydrogens is 406 g/mol. The van der Waals surface area contributed by atoms with Gasteiger partial charge in [-0.15, -0.1) is 5.10 Å². The molecule has 0 bridgehead atoms. The fourth-order valence-corrected chi connectivity index (χ4v) is 4.03. The molecule has 0 fully saturated rings. The molecular formula is C21H23N3O5S. The van der Waals surface area contributed by atoms with Crippen LogP contribution in [0.25, 0.3) is 11.5 Å². The fourth-order valence-electron chi connectivity index (χ4n) is 2.72. The van der Waals surface area contributed by atoms with Gasteiger partial charge >= 0.3 is 6.01 Å². The van der Waals surface area contributed by atoms with Gasteiger partial charge in [-0.25, -0.2) is 8.42 Å². The number of aromatic nitrogens is 2. The Kier molecular flexibility index (Phi) is 6.83. The van der Waals surface area contributed by atoms with Gasteiger partial charge in [-0.3, -0.25) is 10.1 Å². The van der Waals surface area contributed by atoms with E-state index in [9.17, 15) is 13.2 Å².